The summed E-state index contributed by atoms with van der Waals surface area (Å²) in [6.07, 6.45) is 0.0913. The van der Waals surface area contributed by atoms with Crippen LogP contribution in [0.3, 0.4) is 0 Å². The number of aliphatic hydroxyl groups excluding tert-OH is 1. The molecule has 1 rings (SSSR count). The Morgan fingerprint density at radius 1 is 1.69 bits per heavy atom. The van der Waals surface area contributed by atoms with Crippen molar-refractivity contribution < 1.29 is 9.90 Å². The average Bonchev–Trinajstić information content (AvgIpc) is 2.40. The lowest BCUT2D eigenvalue weighted by Gasteiger charge is -2.06. The average molecular weight is 246 g/mol. The monoisotopic (exact) mass is 245 g/mol. The molecule has 0 aliphatic rings. The van der Waals surface area contributed by atoms with E-state index in [-0.39, 0.29) is 5.91 Å². The molecule has 1 aromatic heterocycles. The van der Waals surface area contributed by atoms with Gasteiger partial charge in [-0.25, -0.2) is 0 Å². The van der Waals surface area contributed by atoms with Crippen LogP contribution in [-0.4, -0.2) is 33.4 Å². The Hall–Kier alpha value is -1.07. The summed E-state index contributed by atoms with van der Waals surface area (Å²) >= 11 is 5.94. The van der Waals surface area contributed by atoms with Gasteiger partial charge in [0.2, 0.25) is 0 Å². The number of nitrogens with one attached hydrogen (secondary N) is 1. The van der Waals surface area contributed by atoms with Crippen LogP contribution in [-0.2, 0) is 7.05 Å². The molecule has 2 N–H and O–H groups in total. The smallest absolute Gasteiger partial charge is 0.256 e. The van der Waals surface area contributed by atoms with Gasteiger partial charge in [0, 0.05) is 13.6 Å². The maximum absolute atomic E-state index is 11.8. The van der Waals surface area contributed by atoms with Gasteiger partial charge >= 0.3 is 0 Å². The Morgan fingerprint density at radius 2 is 2.31 bits per heavy atom. The molecule has 1 atom stereocenters. The minimum Gasteiger partial charge on any atom is -0.393 e. The number of hydrogen-bond acceptors (Lipinski definition) is 3. The molecule has 0 aliphatic heterocycles. The van der Waals surface area contributed by atoms with Gasteiger partial charge in [-0.15, -0.1) is 0 Å². The molecular weight excluding hydrogens is 230 g/mol. The van der Waals surface area contributed by atoms with E-state index in [0.717, 1.165) is 0 Å². The van der Waals surface area contributed by atoms with Crippen LogP contribution >= 0.6 is 11.6 Å². The molecule has 16 heavy (non-hydrogen) atoms. The summed E-state index contributed by atoms with van der Waals surface area (Å²) in [7, 11) is 1.68. The van der Waals surface area contributed by atoms with E-state index in [0.29, 0.717) is 29.4 Å². The predicted molar refractivity (Wildman–Crippen MR) is 61.6 cm³/mol. The normalized spacial score (nSPS) is 12.6. The number of carbonyl (C=O) groups is 1. The number of halogens is 1. The molecule has 5 nitrogen and oxygen atoms in total. The number of aromatic nitrogens is 2. The van der Waals surface area contributed by atoms with E-state index in [1.54, 1.807) is 20.9 Å². The molecule has 0 saturated heterocycles. The van der Waals surface area contributed by atoms with E-state index in [9.17, 15) is 4.79 Å². The van der Waals surface area contributed by atoms with Crippen LogP contribution in [0.15, 0.2) is 0 Å². The van der Waals surface area contributed by atoms with Crippen LogP contribution in [0.2, 0.25) is 5.15 Å². The van der Waals surface area contributed by atoms with Gasteiger partial charge in [0.15, 0.2) is 0 Å². The highest BCUT2D eigenvalue weighted by Gasteiger charge is 2.18. The first-order valence-corrected chi connectivity index (χ1v) is 5.46. The van der Waals surface area contributed by atoms with E-state index in [2.05, 4.69) is 10.4 Å². The number of hydrogen-bond donors (Lipinski definition) is 2. The van der Waals surface area contributed by atoms with Gasteiger partial charge in [0.25, 0.3) is 5.91 Å². The fraction of sp³-hybridized carbons (Fsp3) is 0.600. The summed E-state index contributed by atoms with van der Waals surface area (Å²) in [5.41, 5.74) is 0.997. The Labute approximate surface area is 99.4 Å². The van der Waals surface area contributed by atoms with E-state index < -0.39 is 6.10 Å². The molecule has 0 saturated carbocycles. The maximum Gasteiger partial charge on any atom is 0.256 e. The largest absolute Gasteiger partial charge is 0.393 e. The first-order chi connectivity index (χ1) is 7.43. The number of aryl methyl sites for hydroxylation is 2. The second-order valence-electron chi connectivity index (χ2n) is 3.77. The molecular formula is C10H16ClN3O2. The predicted octanol–water partition coefficient (Wildman–Crippen LogP) is 0.883. The number of amides is 1. The zero-order chi connectivity index (χ0) is 12.3. The van der Waals surface area contributed by atoms with Gasteiger partial charge in [-0.05, 0) is 20.3 Å². The number of aliphatic hydroxyl groups is 1. The number of carbonyl (C=O) groups excluding carboxylic acids is 1. The number of rotatable bonds is 4. The molecule has 6 heteroatoms. The Balaban J connectivity index is 2.66. The third kappa shape index (κ3) is 2.96. The fourth-order valence-corrected chi connectivity index (χ4v) is 1.63. The van der Waals surface area contributed by atoms with E-state index in [1.807, 2.05) is 0 Å². The summed E-state index contributed by atoms with van der Waals surface area (Å²) in [6, 6.07) is 0. The van der Waals surface area contributed by atoms with Crippen molar-refractivity contribution in [1.82, 2.24) is 15.1 Å². The summed E-state index contributed by atoms with van der Waals surface area (Å²) < 4.78 is 1.46. The third-order valence-corrected chi connectivity index (χ3v) is 2.66. The summed E-state index contributed by atoms with van der Waals surface area (Å²) in [5.74, 6) is -0.253. The van der Waals surface area contributed by atoms with Gasteiger partial charge in [-0.3, -0.25) is 9.48 Å². The maximum atomic E-state index is 11.8. The molecule has 0 aliphatic carbocycles. The lowest BCUT2D eigenvalue weighted by atomic mass is 10.2. The van der Waals surface area contributed by atoms with Crippen LogP contribution in [0.25, 0.3) is 0 Å². The molecule has 1 heterocycles. The topological polar surface area (TPSA) is 67.2 Å². The first-order valence-electron chi connectivity index (χ1n) is 5.08. The molecule has 0 fully saturated rings. The Morgan fingerprint density at radius 3 is 2.75 bits per heavy atom. The standard InChI is InChI=1S/C10H16ClN3O2/c1-6(15)4-5-12-10(16)8-7(2)13-14(3)9(8)11/h6,15H,4-5H2,1-3H3,(H,12,16). The van der Waals surface area contributed by atoms with Gasteiger partial charge in [0.05, 0.1) is 17.4 Å². The van der Waals surface area contributed by atoms with Crippen molar-refractivity contribution >= 4 is 17.5 Å². The molecule has 0 spiro atoms. The summed E-state index contributed by atoms with van der Waals surface area (Å²) in [5, 5.41) is 16.1. The third-order valence-electron chi connectivity index (χ3n) is 2.23. The summed E-state index contributed by atoms with van der Waals surface area (Å²) in [6.45, 7) is 3.82. The van der Waals surface area contributed by atoms with E-state index >= 15 is 0 Å². The van der Waals surface area contributed by atoms with Crippen LogP contribution in [0.5, 0.6) is 0 Å². The van der Waals surface area contributed by atoms with Crippen molar-refractivity contribution in [2.45, 2.75) is 26.4 Å². The van der Waals surface area contributed by atoms with Crippen LogP contribution in [0, 0.1) is 6.92 Å². The van der Waals surface area contributed by atoms with Crippen molar-refractivity contribution in [2.75, 3.05) is 6.54 Å². The van der Waals surface area contributed by atoms with Crippen molar-refractivity contribution in [3.8, 4) is 0 Å². The van der Waals surface area contributed by atoms with Crippen molar-refractivity contribution in [2.24, 2.45) is 7.05 Å². The quantitative estimate of drug-likeness (QED) is 0.828. The van der Waals surface area contributed by atoms with Gasteiger partial charge < -0.3 is 10.4 Å². The highest BCUT2D eigenvalue weighted by molar-refractivity contribution is 6.33. The lowest BCUT2D eigenvalue weighted by Crippen LogP contribution is -2.27. The minimum absolute atomic E-state index is 0.253. The fourth-order valence-electron chi connectivity index (χ4n) is 1.37. The molecule has 0 radical (unpaired) electrons. The second kappa shape index (κ2) is 5.32. The van der Waals surface area contributed by atoms with E-state index in [4.69, 9.17) is 16.7 Å². The first kappa shape index (κ1) is 13.0. The molecule has 90 valence electrons. The van der Waals surface area contributed by atoms with E-state index in [1.165, 1.54) is 4.68 Å². The zero-order valence-corrected chi connectivity index (χ0v) is 10.4. The zero-order valence-electron chi connectivity index (χ0n) is 9.62. The Kier molecular flexibility index (Phi) is 4.32. The number of nitrogens with zero attached hydrogens (tertiary/aromatic N) is 2. The molecule has 1 amide bonds. The van der Waals surface area contributed by atoms with Crippen molar-refractivity contribution in [3.63, 3.8) is 0 Å². The molecule has 1 unspecified atom stereocenters. The molecule has 0 bridgehead atoms. The van der Waals surface area contributed by atoms with Crippen molar-refractivity contribution in [3.05, 3.63) is 16.4 Å². The Bertz CT molecular complexity index is 388. The van der Waals surface area contributed by atoms with Crippen LogP contribution in [0.1, 0.15) is 29.4 Å². The minimum atomic E-state index is -0.425. The van der Waals surface area contributed by atoms with Crippen LogP contribution in [0.4, 0.5) is 0 Å². The highest BCUT2D eigenvalue weighted by Crippen LogP contribution is 2.18. The van der Waals surface area contributed by atoms with Crippen LogP contribution < -0.4 is 5.32 Å². The van der Waals surface area contributed by atoms with Gasteiger partial charge in [-0.1, -0.05) is 11.6 Å². The molecule has 0 aromatic carbocycles. The SMILES string of the molecule is Cc1nn(C)c(Cl)c1C(=O)NCCC(C)O. The summed E-state index contributed by atoms with van der Waals surface area (Å²) in [4.78, 5) is 11.8. The van der Waals surface area contributed by atoms with Gasteiger partial charge in [-0.2, -0.15) is 5.10 Å². The van der Waals surface area contributed by atoms with Gasteiger partial charge in [0.1, 0.15) is 5.15 Å². The lowest BCUT2D eigenvalue weighted by molar-refractivity contribution is 0.0945. The molecule has 1 aromatic rings. The highest BCUT2D eigenvalue weighted by atomic mass is 35.5. The second-order valence-corrected chi connectivity index (χ2v) is 4.13. The van der Waals surface area contributed by atoms with Crippen molar-refractivity contribution in [1.29, 1.82) is 0 Å².